The number of carboxylic acids is 1. The van der Waals surface area contributed by atoms with E-state index in [1.807, 2.05) is 34.9 Å². The van der Waals surface area contributed by atoms with Crippen molar-refractivity contribution in [3.63, 3.8) is 0 Å². The highest BCUT2D eigenvalue weighted by molar-refractivity contribution is 7.90. The number of nitrogens with zero attached hydrogens (tertiary/aromatic N) is 1. The van der Waals surface area contributed by atoms with Gasteiger partial charge in [-0.15, -0.1) is 0 Å². The summed E-state index contributed by atoms with van der Waals surface area (Å²) in [5.41, 5.74) is 3.39. The highest BCUT2D eigenvalue weighted by atomic mass is 32.2. The highest BCUT2D eigenvalue weighted by Crippen LogP contribution is 2.35. The van der Waals surface area contributed by atoms with Crippen molar-refractivity contribution in [2.75, 3.05) is 19.1 Å². The molecule has 33 heavy (non-hydrogen) atoms. The molecule has 0 aliphatic heterocycles. The zero-order valence-corrected chi connectivity index (χ0v) is 20.1. The molecule has 0 aliphatic rings. The lowest BCUT2D eigenvalue weighted by Gasteiger charge is -2.15. The van der Waals surface area contributed by atoms with Crippen LogP contribution in [0.5, 0.6) is 0 Å². The molecular formula is C23H25NO7S2. The first kappa shape index (κ1) is 24.7. The second-order valence-electron chi connectivity index (χ2n) is 7.74. The minimum atomic E-state index is -3.69. The minimum absolute atomic E-state index is 0.0332. The zero-order chi connectivity index (χ0) is 24.4. The molecule has 3 aromatic rings. The molecule has 0 aliphatic carbocycles. The number of rotatable bonds is 9. The maximum absolute atomic E-state index is 12.1. The first-order valence-electron chi connectivity index (χ1n) is 10.0. The van der Waals surface area contributed by atoms with Crippen molar-refractivity contribution in [2.45, 2.75) is 24.2 Å². The van der Waals surface area contributed by atoms with E-state index >= 15 is 0 Å². The van der Waals surface area contributed by atoms with Crippen LogP contribution in [0.4, 0.5) is 0 Å². The molecule has 0 amide bonds. The van der Waals surface area contributed by atoms with E-state index in [1.165, 1.54) is 12.1 Å². The van der Waals surface area contributed by atoms with Crippen molar-refractivity contribution in [3.8, 4) is 16.9 Å². The van der Waals surface area contributed by atoms with E-state index in [1.54, 1.807) is 25.1 Å². The molecule has 1 N–H and O–H groups in total. The van der Waals surface area contributed by atoms with Gasteiger partial charge in [0.25, 0.3) is 10.1 Å². The average molecular weight is 492 g/mol. The Hall–Kier alpha value is -2.95. The summed E-state index contributed by atoms with van der Waals surface area (Å²) in [6, 6.07) is 17.5. The third kappa shape index (κ3) is 5.89. The standard InChI is InChI=1S/C23H25NO7S2/c1-16-21(20(23(25)26)13-14-31-33(3,29)30)15-22(24(16)18-7-5-4-6-8-18)17-9-11-19(12-10-17)32(2,27)28/h4-12,15,20H,13-14H2,1-3H3,(H,25,26). The molecule has 1 heterocycles. The number of sulfone groups is 1. The van der Waals surface area contributed by atoms with Gasteiger partial charge < -0.3 is 9.67 Å². The molecule has 1 aromatic heterocycles. The van der Waals surface area contributed by atoms with Crippen molar-refractivity contribution < 1.29 is 30.9 Å². The van der Waals surface area contributed by atoms with E-state index in [2.05, 4.69) is 0 Å². The molecule has 1 unspecified atom stereocenters. The molecule has 3 rings (SSSR count). The van der Waals surface area contributed by atoms with Crippen LogP contribution in [0, 0.1) is 6.92 Å². The molecule has 0 spiro atoms. The van der Waals surface area contributed by atoms with Gasteiger partial charge in [-0.25, -0.2) is 8.42 Å². The molecule has 8 nitrogen and oxygen atoms in total. The molecule has 10 heteroatoms. The molecule has 0 saturated heterocycles. The van der Waals surface area contributed by atoms with E-state index in [0.717, 1.165) is 18.2 Å². The summed E-state index contributed by atoms with van der Waals surface area (Å²) in [4.78, 5) is 12.3. The van der Waals surface area contributed by atoms with E-state index < -0.39 is 31.8 Å². The third-order valence-corrected chi connectivity index (χ3v) is 6.98. The number of benzene rings is 2. The SMILES string of the molecule is Cc1c(C(CCOS(C)(=O)=O)C(=O)O)cc(-c2ccc(S(C)(=O)=O)cc2)n1-c1ccccc1. The van der Waals surface area contributed by atoms with Gasteiger partial charge in [0.15, 0.2) is 9.84 Å². The van der Waals surface area contributed by atoms with Crippen molar-refractivity contribution in [2.24, 2.45) is 0 Å². The van der Waals surface area contributed by atoms with Crippen molar-refractivity contribution in [1.29, 1.82) is 0 Å². The Labute approximate surface area is 193 Å². The first-order valence-corrected chi connectivity index (χ1v) is 13.7. The Bertz CT molecular complexity index is 1360. The van der Waals surface area contributed by atoms with E-state index in [0.29, 0.717) is 22.5 Å². The van der Waals surface area contributed by atoms with Crippen LogP contribution in [0.2, 0.25) is 0 Å². The lowest BCUT2D eigenvalue weighted by molar-refractivity contribution is -0.139. The number of carbonyl (C=O) groups is 1. The Morgan fingerprint density at radius 1 is 1.00 bits per heavy atom. The summed E-state index contributed by atoms with van der Waals surface area (Å²) in [5, 5.41) is 9.87. The molecular weight excluding hydrogens is 466 g/mol. The van der Waals surface area contributed by atoms with Crippen molar-refractivity contribution >= 4 is 25.9 Å². The zero-order valence-electron chi connectivity index (χ0n) is 18.4. The molecule has 0 saturated carbocycles. The molecule has 1 atom stereocenters. The summed E-state index contributed by atoms with van der Waals surface area (Å²) in [6.07, 6.45) is 2.01. The lowest BCUT2D eigenvalue weighted by Crippen LogP contribution is -2.16. The molecule has 0 radical (unpaired) electrons. The van der Waals surface area contributed by atoms with Gasteiger partial charge in [-0.2, -0.15) is 8.42 Å². The van der Waals surface area contributed by atoms with E-state index in [9.17, 15) is 26.7 Å². The Morgan fingerprint density at radius 3 is 2.12 bits per heavy atom. The fraction of sp³-hybridized carbons (Fsp3) is 0.261. The molecule has 0 fully saturated rings. The predicted octanol–water partition coefficient (Wildman–Crippen LogP) is 3.39. The normalized spacial score (nSPS) is 13.1. The number of aromatic nitrogens is 1. The molecule has 2 aromatic carbocycles. The second-order valence-corrected chi connectivity index (χ2v) is 11.4. The highest BCUT2D eigenvalue weighted by Gasteiger charge is 2.27. The molecule has 176 valence electrons. The largest absolute Gasteiger partial charge is 0.481 e. The van der Waals surface area contributed by atoms with Gasteiger partial charge in [-0.05, 0) is 54.8 Å². The number of aliphatic carboxylic acids is 1. The van der Waals surface area contributed by atoms with Crippen LogP contribution >= 0.6 is 0 Å². The Morgan fingerprint density at radius 2 is 1.61 bits per heavy atom. The van der Waals surface area contributed by atoms with E-state index in [-0.39, 0.29) is 17.9 Å². The number of hydrogen-bond acceptors (Lipinski definition) is 6. The summed E-state index contributed by atoms with van der Waals surface area (Å²) >= 11 is 0. The fourth-order valence-electron chi connectivity index (χ4n) is 3.70. The van der Waals surface area contributed by atoms with Crippen LogP contribution in [-0.4, -0.2) is 51.6 Å². The predicted molar refractivity (Wildman–Crippen MR) is 125 cm³/mol. The molecule has 0 bridgehead atoms. The number of hydrogen-bond donors (Lipinski definition) is 1. The summed E-state index contributed by atoms with van der Waals surface area (Å²) < 4.78 is 52.9. The van der Waals surface area contributed by atoms with Crippen LogP contribution in [0.3, 0.4) is 0 Å². The smallest absolute Gasteiger partial charge is 0.311 e. The minimum Gasteiger partial charge on any atom is -0.481 e. The average Bonchev–Trinajstić information content (AvgIpc) is 3.07. The lowest BCUT2D eigenvalue weighted by atomic mass is 9.96. The van der Waals surface area contributed by atoms with Gasteiger partial charge in [0, 0.05) is 17.6 Å². The van der Waals surface area contributed by atoms with Gasteiger partial charge in [0.1, 0.15) is 0 Å². The van der Waals surface area contributed by atoms with Crippen molar-refractivity contribution in [1.82, 2.24) is 4.57 Å². The monoisotopic (exact) mass is 491 g/mol. The first-order chi connectivity index (χ1) is 15.4. The van der Waals surface area contributed by atoms with Crippen molar-refractivity contribution in [3.05, 3.63) is 71.9 Å². The Kier molecular flexibility index (Phi) is 7.11. The summed E-state index contributed by atoms with van der Waals surface area (Å²) in [7, 11) is -7.05. The summed E-state index contributed by atoms with van der Waals surface area (Å²) in [6.45, 7) is 1.54. The third-order valence-electron chi connectivity index (χ3n) is 5.26. The van der Waals surface area contributed by atoms with Crippen LogP contribution in [0.25, 0.3) is 16.9 Å². The van der Waals surface area contributed by atoms with Gasteiger partial charge >= 0.3 is 5.97 Å². The summed E-state index contributed by atoms with van der Waals surface area (Å²) in [5.74, 6) is -2.09. The second kappa shape index (κ2) is 9.50. The topological polar surface area (TPSA) is 120 Å². The fourth-order valence-corrected chi connectivity index (χ4v) is 4.73. The van der Waals surface area contributed by atoms with Crippen LogP contribution < -0.4 is 0 Å². The van der Waals surface area contributed by atoms with Crippen LogP contribution in [-0.2, 0) is 28.9 Å². The van der Waals surface area contributed by atoms with Gasteiger partial charge in [0.2, 0.25) is 0 Å². The van der Waals surface area contributed by atoms with Crippen LogP contribution in [0.1, 0.15) is 23.6 Å². The maximum Gasteiger partial charge on any atom is 0.311 e. The van der Waals surface area contributed by atoms with Gasteiger partial charge in [-0.1, -0.05) is 30.3 Å². The number of para-hydroxylation sites is 1. The van der Waals surface area contributed by atoms with Gasteiger partial charge in [0.05, 0.1) is 29.4 Å². The van der Waals surface area contributed by atoms with E-state index in [4.69, 9.17) is 4.18 Å². The Balaban J connectivity index is 2.13. The van der Waals surface area contributed by atoms with Crippen LogP contribution in [0.15, 0.2) is 65.6 Å². The van der Waals surface area contributed by atoms with Gasteiger partial charge in [-0.3, -0.25) is 8.98 Å². The number of carboxylic acid groups (broad SMARTS) is 1. The quantitative estimate of drug-likeness (QED) is 0.456. The maximum atomic E-state index is 12.1.